The zero-order valence-electron chi connectivity index (χ0n) is 8.91. The van der Waals surface area contributed by atoms with Crippen LogP contribution in [0.1, 0.15) is 12.8 Å². The Morgan fingerprint density at radius 2 is 2.07 bits per heavy atom. The van der Waals surface area contributed by atoms with Gasteiger partial charge in [-0.1, -0.05) is 0 Å². The molecule has 0 unspecified atom stereocenters. The van der Waals surface area contributed by atoms with E-state index in [9.17, 15) is 0 Å². The quantitative estimate of drug-likeness (QED) is 0.666. The Bertz CT molecular complexity index is 160. The maximum absolute atomic E-state index is 8.84. The molecule has 0 aromatic carbocycles. The minimum Gasteiger partial charge on any atom is -0.395 e. The lowest BCUT2D eigenvalue weighted by atomic mass is 9.81. The Labute approximate surface area is 91.8 Å². The van der Waals surface area contributed by atoms with Crippen LogP contribution in [-0.4, -0.2) is 55.7 Å². The molecule has 0 amide bonds. The van der Waals surface area contributed by atoms with Crippen molar-refractivity contribution in [1.29, 1.82) is 0 Å². The smallest absolute Gasteiger partial charge is 0.0558 e. The van der Waals surface area contributed by atoms with Gasteiger partial charge in [0.1, 0.15) is 0 Å². The second-order valence-electron chi connectivity index (χ2n) is 4.23. The molecule has 4 heteroatoms. The van der Waals surface area contributed by atoms with Crippen LogP contribution in [-0.2, 0) is 4.74 Å². The number of aliphatic hydroxyl groups is 1. The highest BCUT2D eigenvalue weighted by Gasteiger charge is 2.32. The van der Waals surface area contributed by atoms with Crippen LogP contribution in [0.4, 0.5) is 0 Å². The Kier molecular flexibility index (Phi) is 5.23. The number of hydrogen-bond acceptors (Lipinski definition) is 4. The van der Waals surface area contributed by atoms with Crippen molar-refractivity contribution < 1.29 is 9.84 Å². The van der Waals surface area contributed by atoms with Crippen LogP contribution in [0, 0.1) is 5.41 Å². The number of likely N-dealkylation sites (N-methyl/N-ethyl adjacent to an activating group) is 1. The predicted molar refractivity (Wildman–Crippen MR) is 60.9 cm³/mol. The fourth-order valence-electron chi connectivity index (χ4n) is 1.99. The van der Waals surface area contributed by atoms with E-state index in [2.05, 4.69) is 24.6 Å². The molecule has 3 nitrogen and oxygen atoms in total. The van der Waals surface area contributed by atoms with Crippen molar-refractivity contribution in [3.63, 3.8) is 0 Å². The first-order chi connectivity index (χ1) is 6.72. The lowest BCUT2D eigenvalue weighted by molar-refractivity contribution is 0.00982. The SMILES string of the molecule is CN(CCO)CC1(CS)CCOCC1. The first kappa shape index (κ1) is 12.3. The highest BCUT2D eigenvalue weighted by atomic mass is 32.1. The molecule has 84 valence electrons. The summed E-state index contributed by atoms with van der Waals surface area (Å²) in [6, 6.07) is 0. The molecule has 1 aliphatic rings. The van der Waals surface area contributed by atoms with Crippen LogP contribution in [0.25, 0.3) is 0 Å². The third-order valence-corrected chi connectivity index (χ3v) is 3.65. The van der Waals surface area contributed by atoms with Crippen LogP contribution >= 0.6 is 12.6 Å². The largest absolute Gasteiger partial charge is 0.395 e. The zero-order valence-corrected chi connectivity index (χ0v) is 9.80. The second-order valence-corrected chi connectivity index (χ2v) is 4.55. The molecule has 0 radical (unpaired) electrons. The van der Waals surface area contributed by atoms with E-state index in [0.29, 0.717) is 5.41 Å². The zero-order chi connectivity index (χ0) is 10.4. The lowest BCUT2D eigenvalue weighted by Gasteiger charge is -2.38. The number of thiol groups is 1. The van der Waals surface area contributed by atoms with Crippen molar-refractivity contribution in [3.8, 4) is 0 Å². The third-order valence-electron chi connectivity index (χ3n) is 2.98. The molecule has 0 aromatic rings. The van der Waals surface area contributed by atoms with E-state index >= 15 is 0 Å². The highest BCUT2D eigenvalue weighted by molar-refractivity contribution is 7.80. The van der Waals surface area contributed by atoms with E-state index in [1.807, 2.05) is 0 Å². The van der Waals surface area contributed by atoms with E-state index in [-0.39, 0.29) is 6.61 Å². The van der Waals surface area contributed by atoms with Crippen molar-refractivity contribution in [2.45, 2.75) is 12.8 Å². The summed E-state index contributed by atoms with van der Waals surface area (Å²) in [5.74, 6) is 0.909. The fraction of sp³-hybridized carbons (Fsp3) is 1.00. The molecule has 0 aromatic heterocycles. The van der Waals surface area contributed by atoms with Gasteiger partial charge in [0.25, 0.3) is 0 Å². The van der Waals surface area contributed by atoms with Gasteiger partial charge >= 0.3 is 0 Å². The molecule has 1 aliphatic heterocycles. The minimum atomic E-state index is 0.232. The summed E-state index contributed by atoms with van der Waals surface area (Å²) >= 11 is 4.45. The lowest BCUT2D eigenvalue weighted by Crippen LogP contribution is -2.42. The molecule has 1 N–H and O–H groups in total. The summed E-state index contributed by atoms with van der Waals surface area (Å²) < 4.78 is 5.37. The van der Waals surface area contributed by atoms with Crippen molar-refractivity contribution in [2.24, 2.45) is 5.41 Å². The number of aliphatic hydroxyl groups excluding tert-OH is 1. The van der Waals surface area contributed by atoms with E-state index in [0.717, 1.165) is 44.9 Å². The van der Waals surface area contributed by atoms with Crippen LogP contribution < -0.4 is 0 Å². The summed E-state index contributed by atoms with van der Waals surface area (Å²) in [6.45, 7) is 3.70. The maximum atomic E-state index is 8.84. The summed E-state index contributed by atoms with van der Waals surface area (Å²) in [6.07, 6.45) is 2.18. The second kappa shape index (κ2) is 5.95. The van der Waals surface area contributed by atoms with Gasteiger partial charge in [0.2, 0.25) is 0 Å². The fourth-order valence-corrected chi connectivity index (χ4v) is 2.41. The molecule has 0 bridgehead atoms. The minimum absolute atomic E-state index is 0.232. The summed E-state index contributed by atoms with van der Waals surface area (Å²) in [5.41, 5.74) is 0.297. The van der Waals surface area contributed by atoms with Crippen LogP contribution in [0.3, 0.4) is 0 Å². The van der Waals surface area contributed by atoms with Gasteiger partial charge in [0.15, 0.2) is 0 Å². The van der Waals surface area contributed by atoms with Crippen LogP contribution in [0.2, 0.25) is 0 Å². The first-order valence-electron chi connectivity index (χ1n) is 5.20. The molecule has 14 heavy (non-hydrogen) atoms. The van der Waals surface area contributed by atoms with Crippen LogP contribution in [0.15, 0.2) is 0 Å². The number of ether oxygens (including phenoxy) is 1. The van der Waals surface area contributed by atoms with E-state index < -0.39 is 0 Å². The van der Waals surface area contributed by atoms with Gasteiger partial charge in [-0.2, -0.15) is 12.6 Å². The molecule has 0 spiro atoms. The Morgan fingerprint density at radius 3 is 2.57 bits per heavy atom. The Balaban J connectivity index is 2.42. The van der Waals surface area contributed by atoms with Gasteiger partial charge in [-0.25, -0.2) is 0 Å². The number of nitrogens with zero attached hydrogens (tertiary/aromatic N) is 1. The highest BCUT2D eigenvalue weighted by Crippen LogP contribution is 2.32. The normalized spacial score (nSPS) is 21.4. The third kappa shape index (κ3) is 3.42. The summed E-state index contributed by atoms with van der Waals surface area (Å²) in [4.78, 5) is 2.18. The van der Waals surface area contributed by atoms with E-state index in [4.69, 9.17) is 9.84 Å². The van der Waals surface area contributed by atoms with Gasteiger partial charge in [-0.3, -0.25) is 0 Å². The van der Waals surface area contributed by atoms with Gasteiger partial charge in [0, 0.05) is 26.3 Å². The van der Waals surface area contributed by atoms with E-state index in [1.165, 1.54) is 0 Å². The molecule has 0 saturated carbocycles. The molecular formula is C10H21NO2S. The van der Waals surface area contributed by atoms with Crippen molar-refractivity contribution in [1.82, 2.24) is 4.90 Å². The first-order valence-corrected chi connectivity index (χ1v) is 5.84. The number of hydrogen-bond donors (Lipinski definition) is 2. The van der Waals surface area contributed by atoms with Crippen LogP contribution in [0.5, 0.6) is 0 Å². The average Bonchev–Trinajstić information content (AvgIpc) is 2.19. The Hall–Kier alpha value is 0.230. The average molecular weight is 219 g/mol. The maximum Gasteiger partial charge on any atom is 0.0558 e. The molecule has 1 fully saturated rings. The molecular weight excluding hydrogens is 198 g/mol. The topological polar surface area (TPSA) is 32.7 Å². The van der Waals surface area contributed by atoms with Crippen molar-refractivity contribution >= 4 is 12.6 Å². The summed E-state index contributed by atoms with van der Waals surface area (Å²) in [5, 5.41) is 8.84. The number of rotatable bonds is 5. The monoisotopic (exact) mass is 219 g/mol. The van der Waals surface area contributed by atoms with Crippen molar-refractivity contribution in [3.05, 3.63) is 0 Å². The van der Waals surface area contributed by atoms with Gasteiger partial charge in [-0.05, 0) is 31.1 Å². The molecule has 1 heterocycles. The van der Waals surface area contributed by atoms with Crippen molar-refractivity contribution in [2.75, 3.05) is 45.7 Å². The van der Waals surface area contributed by atoms with Gasteiger partial charge < -0.3 is 14.7 Å². The van der Waals surface area contributed by atoms with Gasteiger partial charge in [-0.15, -0.1) is 0 Å². The molecule has 1 rings (SSSR count). The molecule has 0 atom stereocenters. The van der Waals surface area contributed by atoms with E-state index in [1.54, 1.807) is 0 Å². The summed E-state index contributed by atoms with van der Waals surface area (Å²) in [7, 11) is 2.05. The predicted octanol–water partition coefficient (Wildman–Crippen LogP) is 0.637. The Morgan fingerprint density at radius 1 is 1.43 bits per heavy atom. The standard InChI is InChI=1S/C10H21NO2S/c1-11(4-5-12)8-10(9-14)2-6-13-7-3-10/h12,14H,2-9H2,1H3. The van der Waals surface area contributed by atoms with Gasteiger partial charge in [0.05, 0.1) is 6.61 Å². The molecule has 1 saturated heterocycles. The molecule has 0 aliphatic carbocycles.